The van der Waals surface area contributed by atoms with Gasteiger partial charge in [0, 0.05) is 41.9 Å². The molecule has 124 valence electrons. The number of hydrogen-bond donors (Lipinski definition) is 2. The molecule has 23 heavy (non-hydrogen) atoms. The lowest BCUT2D eigenvalue weighted by Crippen LogP contribution is -2.31. The molecule has 0 saturated carbocycles. The van der Waals surface area contributed by atoms with Crippen molar-refractivity contribution in [3.05, 3.63) is 35.5 Å². The van der Waals surface area contributed by atoms with Gasteiger partial charge < -0.3 is 15.2 Å². The van der Waals surface area contributed by atoms with Crippen LogP contribution in [0.3, 0.4) is 0 Å². The van der Waals surface area contributed by atoms with Crippen LogP contribution < -0.4 is 5.32 Å². The number of hydrogen-bond acceptors (Lipinski definition) is 4. The molecule has 3 rings (SSSR count). The second-order valence-corrected chi connectivity index (χ2v) is 6.56. The number of para-hydroxylation sites is 1. The predicted molar refractivity (Wildman–Crippen MR) is 93.9 cm³/mol. The first-order valence-corrected chi connectivity index (χ1v) is 8.50. The molecule has 4 nitrogen and oxygen atoms in total. The molecule has 1 aliphatic rings. The molecule has 4 heteroatoms. The molecule has 2 N–H and O–H groups in total. The topological polar surface area (TPSA) is 54.4 Å². The summed E-state index contributed by atoms with van der Waals surface area (Å²) in [5.41, 5.74) is 4.63. The van der Waals surface area contributed by atoms with Gasteiger partial charge in [-0.1, -0.05) is 25.1 Å². The average Bonchev–Trinajstić information content (AvgIpc) is 3.02. The van der Waals surface area contributed by atoms with Gasteiger partial charge in [0.25, 0.3) is 0 Å². The van der Waals surface area contributed by atoms with E-state index in [4.69, 9.17) is 9.72 Å². The van der Waals surface area contributed by atoms with Crippen molar-refractivity contribution in [2.75, 3.05) is 31.7 Å². The smallest absolute Gasteiger partial charge is 0.0726 e. The minimum absolute atomic E-state index is 0.0396. The van der Waals surface area contributed by atoms with Crippen LogP contribution in [0.4, 0.5) is 5.69 Å². The van der Waals surface area contributed by atoms with E-state index in [-0.39, 0.29) is 12.0 Å². The Balaban J connectivity index is 1.94. The van der Waals surface area contributed by atoms with E-state index in [1.807, 2.05) is 6.07 Å². The van der Waals surface area contributed by atoms with E-state index in [1.165, 1.54) is 16.6 Å². The number of pyridine rings is 1. The lowest BCUT2D eigenvalue weighted by Gasteiger charge is -2.28. The maximum Gasteiger partial charge on any atom is 0.0726 e. The van der Waals surface area contributed by atoms with Gasteiger partial charge in [0.05, 0.1) is 12.1 Å². The third-order valence-corrected chi connectivity index (χ3v) is 5.04. The van der Waals surface area contributed by atoms with Crippen molar-refractivity contribution in [2.45, 2.75) is 33.1 Å². The molecule has 2 heterocycles. The Morgan fingerprint density at radius 3 is 2.87 bits per heavy atom. The van der Waals surface area contributed by atoms with Gasteiger partial charge in [-0.05, 0) is 37.8 Å². The molecule has 0 radical (unpaired) electrons. The number of rotatable bonds is 6. The Labute approximate surface area is 137 Å². The third-order valence-electron chi connectivity index (χ3n) is 5.04. The summed E-state index contributed by atoms with van der Waals surface area (Å²) in [6.45, 7) is 6.84. The zero-order valence-electron chi connectivity index (χ0n) is 14.1. The molecular formula is C19H26N2O2. The molecule has 1 unspecified atom stereocenters. The second-order valence-electron chi connectivity index (χ2n) is 6.56. The SMILES string of the molecule is CCc1nc2ccccc2c(NCC2(CCO)CCOC2)c1C. The van der Waals surface area contributed by atoms with Crippen LogP contribution in [0.5, 0.6) is 0 Å². The van der Waals surface area contributed by atoms with E-state index in [0.29, 0.717) is 0 Å². The highest BCUT2D eigenvalue weighted by Crippen LogP contribution is 2.35. The lowest BCUT2D eigenvalue weighted by atomic mass is 9.83. The molecule has 0 bridgehead atoms. The van der Waals surface area contributed by atoms with E-state index >= 15 is 0 Å². The van der Waals surface area contributed by atoms with Gasteiger partial charge in [-0.3, -0.25) is 4.98 Å². The van der Waals surface area contributed by atoms with Crippen LogP contribution in [-0.4, -0.2) is 36.5 Å². The van der Waals surface area contributed by atoms with Crippen LogP contribution in [-0.2, 0) is 11.2 Å². The van der Waals surface area contributed by atoms with E-state index < -0.39 is 0 Å². The Kier molecular flexibility index (Phi) is 4.83. The molecule has 1 atom stereocenters. The quantitative estimate of drug-likeness (QED) is 0.859. The van der Waals surface area contributed by atoms with Gasteiger partial charge in [-0.25, -0.2) is 0 Å². The van der Waals surface area contributed by atoms with Crippen molar-refractivity contribution in [1.29, 1.82) is 0 Å². The van der Waals surface area contributed by atoms with Gasteiger partial charge >= 0.3 is 0 Å². The Bertz CT molecular complexity index is 678. The van der Waals surface area contributed by atoms with Gasteiger partial charge in [-0.2, -0.15) is 0 Å². The van der Waals surface area contributed by atoms with Crippen molar-refractivity contribution < 1.29 is 9.84 Å². The Morgan fingerprint density at radius 2 is 2.17 bits per heavy atom. The summed E-state index contributed by atoms with van der Waals surface area (Å²) < 4.78 is 5.60. The van der Waals surface area contributed by atoms with E-state index in [0.717, 1.165) is 50.2 Å². The minimum atomic E-state index is 0.0396. The van der Waals surface area contributed by atoms with Crippen molar-refractivity contribution in [2.24, 2.45) is 5.41 Å². The Hall–Kier alpha value is -1.65. The molecule has 1 saturated heterocycles. The zero-order valence-corrected chi connectivity index (χ0v) is 14.1. The fourth-order valence-electron chi connectivity index (χ4n) is 3.52. The number of benzene rings is 1. The van der Waals surface area contributed by atoms with Crippen LogP contribution in [0.25, 0.3) is 10.9 Å². The van der Waals surface area contributed by atoms with Crippen LogP contribution in [0.15, 0.2) is 24.3 Å². The van der Waals surface area contributed by atoms with E-state index in [9.17, 15) is 5.11 Å². The molecule has 2 aromatic rings. The molecule has 1 aliphatic heterocycles. The minimum Gasteiger partial charge on any atom is -0.396 e. The number of aryl methyl sites for hydroxylation is 1. The number of nitrogens with one attached hydrogen (secondary N) is 1. The fourth-order valence-corrected chi connectivity index (χ4v) is 3.52. The monoisotopic (exact) mass is 314 g/mol. The van der Waals surface area contributed by atoms with Crippen LogP contribution in [0.2, 0.25) is 0 Å². The molecule has 1 aromatic carbocycles. The summed E-state index contributed by atoms with van der Waals surface area (Å²) in [5.74, 6) is 0. The molecule has 0 spiro atoms. The van der Waals surface area contributed by atoms with Gasteiger partial charge in [0.1, 0.15) is 0 Å². The largest absolute Gasteiger partial charge is 0.396 e. The standard InChI is InChI=1S/C19H26N2O2/c1-3-16-14(2)18(15-6-4-5-7-17(15)21-16)20-12-19(8-10-22)9-11-23-13-19/h4-7,22H,3,8-13H2,1-2H3,(H,20,21). The number of anilines is 1. The molecule has 0 aliphatic carbocycles. The summed E-state index contributed by atoms with van der Waals surface area (Å²) in [5, 5.41) is 14.2. The highest BCUT2D eigenvalue weighted by atomic mass is 16.5. The maximum atomic E-state index is 9.40. The van der Waals surface area contributed by atoms with Gasteiger partial charge in [0.15, 0.2) is 0 Å². The lowest BCUT2D eigenvalue weighted by molar-refractivity contribution is 0.133. The number of aromatic nitrogens is 1. The van der Waals surface area contributed by atoms with Crippen LogP contribution in [0, 0.1) is 12.3 Å². The van der Waals surface area contributed by atoms with Crippen LogP contribution >= 0.6 is 0 Å². The zero-order chi connectivity index (χ0) is 16.3. The summed E-state index contributed by atoms with van der Waals surface area (Å²) in [6.07, 6.45) is 2.71. The van der Waals surface area contributed by atoms with Crippen molar-refractivity contribution in [1.82, 2.24) is 4.98 Å². The molecular weight excluding hydrogens is 288 g/mol. The fraction of sp³-hybridized carbons (Fsp3) is 0.526. The highest BCUT2D eigenvalue weighted by Gasteiger charge is 2.34. The number of nitrogens with zero attached hydrogens (tertiary/aromatic N) is 1. The van der Waals surface area contributed by atoms with E-state index in [2.05, 4.69) is 37.4 Å². The first-order chi connectivity index (χ1) is 11.2. The normalized spacial score (nSPS) is 21.0. The third kappa shape index (κ3) is 3.19. The number of aliphatic hydroxyl groups is 1. The number of fused-ring (bicyclic) bond motifs is 1. The number of ether oxygens (including phenoxy) is 1. The highest BCUT2D eigenvalue weighted by molar-refractivity contribution is 5.93. The predicted octanol–water partition coefficient (Wildman–Crippen LogP) is 3.31. The van der Waals surface area contributed by atoms with Crippen LogP contribution in [0.1, 0.15) is 31.0 Å². The number of aliphatic hydroxyl groups excluding tert-OH is 1. The van der Waals surface area contributed by atoms with Crippen molar-refractivity contribution in [3.8, 4) is 0 Å². The first-order valence-electron chi connectivity index (χ1n) is 8.50. The van der Waals surface area contributed by atoms with Gasteiger partial charge in [-0.15, -0.1) is 0 Å². The molecule has 1 aromatic heterocycles. The molecule has 0 amide bonds. The second kappa shape index (κ2) is 6.85. The summed E-state index contributed by atoms with van der Waals surface area (Å²) in [6, 6.07) is 8.29. The van der Waals surface area contributed by atoms with Gasteiger partial charge in [0.2, 0.25) is 0 Å². The summed E-state index contributed by atoms with van der Waals surface area (Å²) in [4.78, 5) is 4.78. The molecule has 1 fully saturated rings. The first kappa shape index (κ1) is 16.2. The average molecular weight is 314 g/mol. The van der Waals surface area contributed by atoms with Crippen molar-refractivity contribution >= 4 is 16.6 Å². The Morgan fingerprint density at radius 1 is 1.35 bits per heavy atom. The van der Waals surface area contributed by atoms with E-state index in [1.54, 1.807) is 0 Å². The summed E-state index contributed by atoms with van der Waals surface area (Å²) >= 11 is 0. The summed E-state index contributed by atoms with van der Waals surface area (Å²) in [7, 11) is 0. The van der Waals surface area contributed by atoms with Crippen molar-refractivity contribution in [3.63, 3.8) is 0 Å². The maximum absolute atomic E-state index is 9.40.